The normalized spacial score (nSPS) is 29.2. The number of hydrogen-bond acceptors (Lipinski definition) is 3. The van der Waals surface area contributed by atoms with Gasteiger partial charge in [0.05, 0.1) is 6.26 Å². The maximum atomic E-state index is 10.9. The van der Waals surface area contributed by atoms with Crippen molar-refractivity contribution in [3.05, 3.63) is 0 Å². The van der Waals surface area contributed by atoms with Crippen LogP contribution in [0.5, 0.6) is 0 Å². The molecule has 0 heterocycles. The first-order valence-electron chi connectivity index (χ1n) is 6.38. The molecule has 17 heavy (non-hydrogen) atoms. The van der Waals surface area contributed by atoms with Crippen molar-refractivity contribution in [2.24, 2.45) is 11.3 Å². The third-order valence-electron chi connectivity index (χ3n) is 3.59. The van der Waals surface area contributed by atoms with Crippen molar-refractivity contribution in [3.63, 3.8) is 0 Å². The second-order valence-corrected chi connectivity index (χ2v) is 7.94. The molecule has 0 amide bonds. The van der Waals surface area contributed by atoms with Crippen molar-refractivity contribution >= 4 is 10.0 Å². The molecule has 1 aliphatic rings. The summed E-state index contributed by atoms with van der Waals surface area (Å²) in [6, 6.07) is 0.532. The minimum atomic E-state index is -3.05. The Balaban J connectivity index is 2.25. The van der Waals surface area contributed by atoms with Gasteiger partial charge < -0.3 is 5.32 Å². The molecule has 0 aliphatic heterocycles. The van der Waals surface area contributed by atoms with Crippen LogP contribution < -0.4 is 10.0 Å². The Bertz CT molecular complexity index is 338. The van der Waals surface area contributed by atoms with Gasteiger partial charge in [-0.05, 0) is 30.6 Å². The predicted molar refractivity (Wildman–Crippen MR) is 71.4 cm³/mol. The van der Waals surface area contributed by atoms with E-state index < -0.39 is 10.0 Å². The molecule has 0 aromatic rings. The first-order valence-corrected chi connectivity index (χ1v) is 8.27. The van der Waals surface area contributed by atoms with Crippen LogP contribution in [0.25, 0.3) is 0 Å². The topological polar surface area (TPSA) is 58.2 Å². The van der Waals surface area contributed by atoms with Crippen molar-refractivity contribution in [1.29, 1.82) is 0 Å². The zero-order chi connectivity index (χ0) is 13.1. The van der Waals surface area contributed by atoms with Crippen molar-refractivity contribution in [1.82, 2.24) is 10.0 Å². The van der Waals surface area contributed by atoms with Gasteiger partial charge in [-0.15, -0.1) is 0 Å². The molecule has 1 saturated carbocycles. The molecule has 0 spiro atoms. The number of nitrogens with one attached hydrogen (secondary N) is 2. The second-order valence-electron chi connectivity index (χ2n) is 6.11. The van der Waals surface area contributed by atoms with Crippen LogP contribution in [-0.2, 0) is 10.0 Å². The fourth-order valence-electron chi connectivity index (χ4n) is 2.74. The minimum absolute atomic E-state index is 0.461. The fourth-order valence-corrected chi connectivity index (χ4v) is 3.22. The summed E-state index contributed by atoms with van der Waals surface area (Å²) >= 11 is 0. The zero-order valence-corrected chi connectivity index (χ0v) is 12.2. The lowest BCUT2D eigenvalue weighted by atomic mass is 9.70. The molecule has 0 aromatic carbocycles. The summed E-state index contributed by atoms with van der Waals surface area (Å²) in [7, 11) is -3.05. The Labute approximate surface area is 106 Å². The monoisotopic (exact) mass is 262 g/mol. The molecule has 2 atom stereocenters. The fraction of sp³-hybridized carbons (Fsp3) is 1.00. The van der Waals surface area contributed by atoms with Crippen LogP contribution in [0.2, 0.25) is 0 Å². The van der Waals surface area contributed by atoms with Gasteiger partial charge in [-0.1, -0.05) is 20.8 Å². The lowest BCUT2D eigenvalue weighted by Crippen LogP contribution is -2.44. The van der Waals surface area contributed by atoms with Gasteiger partial charge in [-0.2, -0.15) is 0 Å². The van der Waals surface area contributed by atoms with E-state index >= 15 is 0 Å². The second kappa shape index (κ2) is 5.67. The smallest absolute Gasteiger partial charge is 0.208 e. The van der Waals surface area contributed by atoms with Gasteiger partial charge in [0.15, 0.2) is 0 Å². The molecule has 0 aromatic heterocycles. The number of sulfonamides is 1. The Morgan fingerprint density at radius 1 is 1.29 bits per heavy atom. The standard InChI is InChI=1S/C12H26N2O2S/c1-10-9-12(2,3)6-5-11(10)13-7-8-14-17(4,15)16/h10-11,13-14H,5-9H2,1-4H3. The molecule has 0 saturated heterocycles. The molecule has 4 nitrogen and oxygen atoms in total. The van der Waals surface area contributed by atoms with Crippen LogP contribution in [0.1, 0.15) is 40.0 Å². The van der Waals surface area contributed by atoms with Gasteiger partial charge in [-0.25, -0.2) is 13.1 Å². The molecule has 0 bridgehead atoms. The van der Waals surface area contributed by atoms with Gasteiger partial charge in [0.25, 0.3) is 0 Å². The van der Waals surface area contributed by atoms with E-state index in [1.54, 1.807) is 0 Å². The van der Waals surface area contributed by atoms with Crippen LogP contribution in [0, 0.1) is 11.3 Å². The lowest BCUT2D eigenvalue weighted by Gasteiger charge is -2.39. The molecular formula is C12H26N2O2S. The average Bonchev–Trinajstić information content (AvgIpc) is 2.12. The van der Waals surface area contributed by atoms with Crippen molar-refractivity contribution in [3.8, 4) is 0 Å². The van der Waals surface area contributed by atoms with Crippen LogP contribution in [0.3, 0.4) is 0 Å². The summed E-state index contributed by atoms with van der Waals surface area (Å²) in [5.74, 6) is 0.664. The van der Waals surface area contributed by atoms with E-state index in [1.807, 2.05) is 0 Å². The predicted octanol–water partition coefficient (Wildman–Crippen LogP) is 1.34. The summed E-state index contributed by atoms with van der Waals surface area (Å²) in [6.07, 6.45) is 4.87. The van der Waals surface area contributed by atoms with E-state index in [1.165, 1.54) is 25.5 Å². The molecule has 1 fully saturated rings. The highest BCUT2D eigenvalue weighted by molar-refractivity contribution is 7.88. The molecule has 1 rings (SSSR count). The van der Waals surface area contributed by atoms with Crippen LogP contribution in [-0.4, -0.2) is 33.8 Å². The largest absolute Gasteiger partial charge is 0.312 e. The van der Waals surface area contributed by atoms with E-state index in [2.05, 4.69) is 30.8 Å². The third kappa shape index (κ3) is 5.84. The molecule has 5 heteroatoms. The van der Waals surface area contributed by atoms with Gasteiger partial charge in [0, 0.05) is 19.1 Å². The Kier molecular flexibility index (Phi) is 4.98. The zero-order valence-electron chi connectivity index (χ0n) is 11.4. The first kappa shape index (κ1) is 14.9. The molecule has 2 unspecified atom stereocenters. The SMILES string of the molecule is CC1CC(C)(C)CCC1NCCNS(C)(=O)=O. The summed E-state index contributed by atoms with van der Waals surface area (Å²) < 4.78 is 24.3. The highest BCUT2D eigenvalue weighted by Crippen LogP contribution is 2.38. The molecule has 0 radical (unpaired) electrons. The van der Waals surface area contributed by atoms with Gasteiger partial charge in [-0.3, -0.25) is 0 Å². The summed E-state index contributed by atoms with van der Waals surface area (Å²) in [6.45, 7) is 8.12. The quantitative estimate of drug-likeness (QED) is 0.735. The molecular weight excluding hydrogens is 236 g/mol. The van der Waals surface area contributed by atoms with Crippen LogP contribution in [0.15, 0.2) is 0 Å². The maximum absolute atomic E-state index is 10.9. The van der Waals surface area contributed by atoms with Crippen molar-refractivity contribution in [2.75, 3.05) is 19.3 Å². The van der Waals surface area contributed by atoms with Gasteiger partial charge in [0.1, 0.15) is 0 Å². The Hall–Kier alpha value is -0.130. The van der Waals surface area contributed by atoms with E-state index in [0.717, 1.165) is 0 Å². The summed E-state index contributed by atoms with van der Waals surface area (Å²) in [5.41, 5.74) is 0.461. The van der Waals surface area contributed by atoms with Gasteiger partial charge >= 0.3 is 0 Å². The third-order valence-corrected chi connectivity index (χ3v) is 4.32. The lowest BCUT2D eigenvalue weighted by molar-refractivity contribution is 0.150. The molecule has 102 valence electrons. The molecule has 1 aliphatic carbocycles. The van der Waals surface area contributed by atoms with E-state index in [-0.39, 0.29) is 0 Å². The van der Waals surface area contributed by atoms with E-state index in [4.69, 9.17) is 0 Å². The van der Waals surface area contributed by atoms with Crippen molar-refractivity contribution in [2.45, 2.75) is 46.1 Å². The highest BCUT2D eigenvalue weighted by atomic mass is 32.2. The van der Waals surface area contributed by atoms with Crippen molar-refractivity contribution < 1.29 is 8.42 Å². The number of rotatable bonds is 5. The van der Waals surface area contributed by atoms with Crippen LogP contribution >= 0.6 is 0 Å². The van der Waals surface area contributed by atoms with Crippen LogP contribution in [0.4, 0.5) is 0 Å². The maximum Gasteiger partial charge on any atom is 0.208 e. The Morgan fingerprint density at radius 2 is 1.94 bits per heavy atom. The average molecular weight is 262 g/mol. The van der Waals surface area contributed by atoms with Gasteiger partial charge in [0.2, 0.25) is 10.0 Å². The van der Waals surface area contributed by atoms with E-state index in [0.29, 0.717) is 30.5 Å². The van der Waals surface area contributed by atoms with E-state index in [9.17, 15) is 8.42 Å². The summed E-state index contributed by atoms with van der Waals surface area (Å²) in [4.78, 5) is 0. The first-order chi connectivity index (χ1) is 7.70. The molecule has 2 N–H and O–H groups in total. The number of hydrogen-bond donors (Lipinski definition) is 2. The highest BCUT2D eigenvalue weighted by Gasteiger charge is 2.31. The summed E-state index contributed by atoms with van der Waals surface area (Å²) in [5, 5.41) is 3.45. The Morgan fingerprint density at radius 3 is 2.47 bits per heavy atom. The minimum Gasteiger partial charge on any atom is -0.312 e.